The van der Waals surface area contributed by atoms with Gasteiger partial charge in [-0.1, -0.05) is 42.5 Å². The molecule has 4 nitrogen and oxygen atoms in total. The number of ether oxygens (including phenoxy) is 1. The van der Waals surface area contributed by atoms with E-state index in [1.54, 1.807) is 11.5 Å². The zero-order chi connectivity index (χ0) is 17.6. The van der Waals surface area contributed by atoms with Gasteiger partial charge in [0.2, 0.25) is 0 Å². The molecule has 5 heteroatoms. The normalized spacial score (nSPS) is 10.3. The number of benzene rings is 2. The van der Waals surface area contributed by atoms with Gasteiger partial charge in [-0.15, -0.1) is 11.3 Å². The summed E-state index contributed by atoms with van der Waals surface area (Å²) >= 11 is 1.43. The average molecular weight is 350 g/mol. The average Bonchev–Trinajstić information content (AvgIpc) is 3.12. The van der Waals surface area contributed by atoms with Gasteiger partial charge >= 0.3 is 0 Å². The van der Waals surface area contributed by atoms with Crippen LogP contribution in [0.15, 0.2) is 66.6 Å². The number of hydrogen-bond acceptors (Lipinski definition) is 4. The Labute approximate surface area is 150 Å². The van der Waals surface area contributed by atoms with Crippen LogP contribution in [0.25, 0.3) is 10.6 Å². The van der Waals surface area contributed by atoms with Crippen LogP contribution in [0.2, 0.25) is 0 Å². The first-order valence-electron chi connectivity index (χ1n) is 7.83. The number of nitrogens with one attached hydrogen (secondary N) is 1. The first-order valence-corrected chi connectivity index (χ1v) is 8.71. The summed E-state index contributed by atoms with van der Waals surface area (Å²) in [6.45, 7) is 6.09. The number of aryl methyl sites for hydroxylation is 1. The summed E-state index contributed by atoms with van der Waals surface area (Å²) in [6, 6.07) is 15.3. The maximum Gasteiger partial charge on any atom is 0.275 e. The molecule has 1 heterocycles. The highest BCUT2D eigenvalue weighted by Crippen LogP contribution is 2.27. The first-order chi connectivity index (χ1) is 12.2. The fourth-order valence-corrected chi connectivity index (χ4v) is 3.01. The Morgan fingerprint density at radius 2 is 2.08 bits per heavy atom. The Balaban J connectivity index is 1.74. The van der Waals surface area contributed by atoms with Crippen molar-refractivity contribution in [3.05, 3.63) is 77.8 Å². The van der Waals surface area contributed by atoms with Crippen LogP contribution >= 0.6 is 11.3 Å². The molecule has 0 spiro atoms. The van der Waals surface area contributed by atoms with Crippen LogP contribution in [-0.4, -0.2) is 17.5 Å². The third-order valence-corrected chi connectivity index (χ3v) is 4.39. The number of carbonyl (C=O) groups is 1. The summed E-state index contributed by atoms with van der Waals surface area (Å²) in [5.74, 6) is 0.531. The van der Waals surface area contributed by atoms with Crippen LogP contribution in [0.1, 0.15) is 16.1 Å². The van der Waals surface area contributed by atoms with Crippen molar-refractivity contribution in [3.63, 3.8) is 0 Å². The standard InChI is InChI=1S/C20H18N2O2S/c1-3-11-24-17-6-4-5-15(12-17)20-22-18(13-25-20)19(23)21-16-9-7-14(2)8-10-16/h3-10,12-13H,1,11H2,2H3,(H,21,23). The molecule has 0 saturated carbocycles. The zero-order valence-electron chi connectivity index (χ0n) is 13.9. The Bertz CT molecular complexity index is 885. The predicted octanol–water partition coefficient (Wildman–Crippen LogP) is 4.94. The van der Waals surface area contributed by atoms with Gasteiger partial charge in [-0.2, -0.15) is 0 Å². The maximum atomic E-state index is 12.3. The van der Waals surface area contributed by atoms with E-state index in [1.807, 2.05) is 55.5 Å². The largest absolute Gasteiger partial charge is 0.490 e. The van der Waals surface area contributed by atoms with Crippen molar-refractivity contribution in [2.75, 3.05) is 11.9 Å². The monoisotopic (exact) mass is 350 g/mol. The molecule has 126 valence electrons. The highest BCUT2D eigenvalue weighted by molar-refractivity contribution is 7.13. The van der Waals surface area contributed by atoms with Gasteiger partial charge in [-0.25, -0.2) is 4.98 Å². The van der Waals surface area contributed by atoms with E-state index < -0.39 is 0 Å². The van der Waals surface area contributed by atoms with Crippen LogP contribution in [-0.2, 0) is 0 Å². The number of rotatable bonds is 6. The molecule has 1 N–H and O–H groups in total. The van der Waals surface area contributed by atoms with Crippen molar-refractivity contribution in [1.29, 1.82) is 0 Å². The molecule has 25 heavy (non-hydrogen) atoms. The Morgan fingerprint density at radius 1 is 1.28 bits per heavy atom. The van der Waals surface area contributed by atoms with E-state index in [1.165, 1.54) is 11.3 Å². The lowest BCUT2D eigenvalue weighted by atomic mass is 10.2. The van der Waals surface area contributed by atoms with E-state index in [0.717, 1.165) is 27.6 Å². The molecule has 0 fully saturated rings. The molecule has 3 aromatic rings. The van der Waals surface area contributed by atoms with E-state index in [-0.39, 0.29) is 5.91 Å². The van der Waals surface area contributed by atoms with E-state index in [4.69, 9.17) is 4.74 Å². The van der Waals surface area contributed by atoms with E-state index >= 15 is 0 Å². The number of nitrogens with zero attached hydrogens (tertiary/aromatic N) is 1. The fraction of sp³-hybridized carbons (Fsp3) is 0.100. The van der Waals surface area contributed by atoms with E-state index in [2.05, 4.69) is 16.9 Å². The summed E-state index contributed by atoms with van der Waals surface area (Å²) in [4.78, 5) is 16.8. The first kappa shape index (κ1) is 16.9. The van der Waals surface area contributed by atoms with Gasteiger partial charge in [0.15, 0.2) is 0 Å². The molecule has 0 aliphatic rings. The number of carbonyl (C=O) groups excluding carboxylic acids is 1. The van der Waals surface area contributed by atoms with Crippen LogP contribution in [0.3, 0.4) is 0 Å². The summed E-state index contributed by atoms with van der Waals surface area (Å²) in [6.07, 6.45) is 1.70. The SMILES string of the molecule is C=CCOc1cccc(-c2nc(C(=O)Nc3ccc(C)cc3)cs2)c1. The minimum atomic E-state index is -0.217. The number of thiazole rings is 1. The number of anilines is 1. The molecule has 1 amide bonds. The Morgan fingerprint density at radius 3 is 2.84 bits per heavy atom. The lowest BCUT2D eigenvalue weighted by Gasteiger charge is -2.04. The molecular weight excluding hydrogens is 332 g/mol. The van der Waals surface area contributed by atoms with Crippen LogP contribution in [0.4, 0.5) is 5.69 Å². The summed E-state index contributed by atoms with van der Waals surface area (Å²) < 4.78 is 5.54. The molecule has 0 aliphatic carbocycles. The molecule has 1 aromatic heterocycles. The van der Waals surface area contributed by atoms with Crippen LogP contribution in [0, 0.1) is 6.92 Å². The van der Waals surface area contributed by atoms with E-state index in [9.17, 15) is 4.79 Å². The summed E-state index contributed by atoms with van der Waals surface area (Å²) in [7, 11) is 0. The highest BCUT2D eigenvalue weighted by atomic mass is 32.1. The van der Waals surface area contributed by atoms with Crippen LogP contribution in [0.5, 0.6) is 5.75 Å². The second kappa shape index (κ2) is 7.77. The number of amides is 1. The molecule has 0 saturated heterocycles. The van der Waals surface area contributed by atoms with Gasteiger partial charge in [0, 0.05) is 16.6 Å². The quantitative estimate of drug-likeness (QED) is 0.641. The number of hydrogen-bond donors (Lipinski definition) is 1. The second-order valence-electron chi connectivity index (χ2n) is 5.49. The van der Waals surface area contributed by atoms with Crippen molar-refractivity contribution in [3.8, 4) is 16.3 Å². The molecule has 3 rings (SSSR count). The van der Waals surface area contributed by atoms with Crippen molar-refractivity contribution >= 4 is 22.9 Å². The Kier molecular flexibility index (Phi) is 5.26. The predicted molar refractivity (Wildman–Crippen MR) is 102 cm³/mol. The lowest BCUT2D eigenvalue weighted by Crippen LogP contribution is -2.12. The van der Waals surface area contributed by atoms with Crippen LogP contribution < -0.4 is 10.1 Å². The zero-order valence-corrected chi connectivity index (χ0v) is 14.7. The summed E-state index contributed by atoms with van der Waals surface area (Å²) in [5.41, 5.74) is 3.22. The second-order valence-corrected chi connectivity index (χ2v) is 6.34. The van der Waals surface area contributed by atoms with Gasteiger partial charge in [0.25, 0.3) is 5.91 Å². The lowest BCUT2D eigenvalue weighted by molar-refractivity contribution is 0.102. The van der Waals surface area contributed by atoms with E-state index in [0.29, 0.717) is 12.3 Å². The smallest absolute Gasteiger partial charge is 0.275 e. The molecule has 0 atom stereocenters. The highest BCUT2D eigenvalue weighted by Gasteiger charge is 2.12. The topological polar surface area (TPSA) is 51.2 Å². The van der Waals surface area contributed by atoms with Gasteiger partial charge < -0.3 is 10.1 Å². The minimum absolute atomic E-state index is 0.217. The third-order valence-electron chi connectivity index (χ3n) is 3.50. The van der Waals surface area contributed by atoms with Crippen molar-refractivity contribution in [1.82, 2.24) is 4.98 Å². The molecule has 0 aliphatic heterocycles. The van der Waals surface area contributed by atoms with Gasteiger partial charge in [0.1, 0.15) is 23.1 Å². The third kappa shape index (κ3) is 4.33. The molecule has 0 unspecified atom stereocenters. The fourth-order valence-electron chi connectivity index (χ4n) is 2.22. The van der Waals surface area contributed by atoms with Gasteiger partial charge in [-0.3, -0.25) is 4.79 Å². The molecule has 0 radical (unpaired) electrons. The number of aromatic nitrogens is 1. The minimum Gasteiger partial charge on any atom is -0.490 e. The maximum absolute atomic E-state index is 12.3. The Hall–Kier alpha value is -2.92. The van der Waals surface area contributed by atoms with Crippen molar-refractivity contribution < 1.29 is 9.53 Å². The molecule has 2 aromatic carbocycles. The molecule has 0 bridgehead atoms. The van der Waals surface area contributed by atoms with Crippen molar-refractivity contribution in [2.24, 2.45) is 0 Å². The molecular formula is C20H18N2O2S. The van der Waals surface area contributed by atoms with Gasteiger partial charge in [-0.05, 0) is 31.2 Å². The van der Waals surface area contributed by atoms with Crippen molar-refractivity contribution in [2.45, 2.75) is 6.92 Å². The summed E-state index contributed by atoms with van der Waals surface area (Å²) in [5, 5.41) is 5.40. The van der Waals surface area contributed by atoms with Gasteiger partial charge in [0.05, 0.1) is 0 Å².